The van der Waals surface area contributed by atoms with Crippen LogP contribution in [0.4, 0.5) is 4.39 Å². The molecule has 0 spiro atoms. The van der Waals surface area contributed by atoms with Crippen molar-refractivity contribution in [1.29, 1.82) is 0 Å². The highest BCUT2D eigenvalue weighted by atomic mass is 19.1. The van der Waals surface area contributed by atoms with Crippen LogP contribution in [0.25, 0.3) is 11.6 Å². The Kier molecular flexibility index (Phi) is 5.89. The van der Waals surface area contributed by atoms with Gasteiger partial charge < -0.3 is 0 Å². The number of hydrogen-bond acceptors (Lipinski definition) is 0. The van der Waals surface area contributed by atoms with Crippen molar-refractivity contribution in [1.82, 2.24) is 0 Å². The molecule has 0 bridgehead atoms. The van der Waals surface area contributed by atoms with Crippen LogP contribution in [0.5, 0.6) is 0 Å². The SMILES string of the molecule is CCc1ccc(C#Cc2ccc(/C=C(\C)c3ccc(F)cc3)c(C)c2)cc1. The Morgan fingerprint density at radius 3 is 2.15 bits per heavy atom. The summed E-state index contributed by atoms with van der Waals surface area (Å²) in [5.41, 5.74) is 7.80. The Morgan fingerprint density at radius 1 is 0.889 bits per heavy atom. The molecule has 0 atom stereocenters. The lowest BCUT2D eigenvalue weighted by atomic mass is 10.00. The average molecular weight is 354 g/mol. The van der Waals surface area contributed by atoms with E-state index in [9.17, 15) is 4.39 Å². The second kappa shape index (κ2) is 8.52. The molecule has 3 rings (SSSR count). The lowest BCUT2D eigenvalue weighted by molar-refractivity contribution is 0.627. The van der Waals surface area contributed by atoms with Gasteiger partial charge in [-0.15, -0.1) is 0 Å². The fourth-order valence-corrected chi connectivity index (χ4v) is 2.91. The summed E-state index contributed by atoms with van der Waals surface area (Å²) < 4.78 is 13.1. The van der Waals surface area contributed by atoms with Crippen LogP contribution in [-0.2, 0) is 6.42 Å². The number of benzene rings is 3. The van der Waals surface area contributed by atoms with Gasteiger partial charge in [0.15, 0.2) is 0 Å². The number of hydrogen-bond donors (Lipinski definition) is 0. The van der Waals surface area contributed by atoms with E-state index in [-0.39, 0.29) is 5.82 Å². The molecule has 0 aliphatic carbocycles. The van der Waals surface area contributed by atoms with Gasteiger partial charge in [-0.05, 0) is 84.5 Å². The van der Waals surface area contributed by atoms with E-state index < -0.39 is 0 Å². The van der Waals surface area contributed by atoms with E-state index in [1.807, 2.05) is 13.0 Å². The minimum absolute atomic E-state index is 0.213. The molecule has 0 unspecified atom stereocenters. The van der Waals surface area contributed by atoms with Crippen LogP contribution in [0.1, 0.15) is 47.2 Å². The maximum absolute atomic E-state index is 13.1. The molecule has 0 aliphatic rings. The Morgan fingerprint density at radius 2 is 1.52 bits per heavy atom. The molecule has 0 heterocycles. The Hall–Kier alpha value is -3.11. The third-order valence-corrected chi connectivity index (χ3v) is 4.65. The maximum Gasteiger partial charge on any atom is 0.123 e. The van der Waals surface area contributed by atoms with Crippen LogP contribution >= 0.6 is 0 Å². The molecular weight excluding hydrogens is 331 g/mol. The first-order valence-electron chi connectivity index (χ1n) is 9.21. The summed E-state index contributed by atoms with van der Waals surface area (Å²) >= 11 is 0. The van der Waals surface area contributed by atoms with E-state index in [0.717, 1.165) is 34.2 Å². The summed E-state index contributed by atoms with van der Waals surface area (Å²) in [5, 5.41) is 0. The maximum atomic E-state index is 13.1. The zero-order valence-corrected chi connectivity index (χ0v) is 16.0. The smallest absolute Gasteiger partial charge is 0.123 e. The number of aryl methyl sites for hydroxylation is 2. The molecule has 3 aromatic carbocycles. The fourth-order valence-electron chi connectivity index (χ4n) is 2.91. The molecule has 0 fully saturated rings. The number of rotatable bonds is 3. The van der Waals surface area contributed by atoms with Crippen LogP contribution in [0, 0.1) is 24.6 Å². The van der Waals surface area contributed by atoms with Gasteiger partial charge in [0.05, 0.1) is 0 Å². The van der Waals surface area contributed by atoms with Crippen molar-refractivity contribution in [3.63, 3.8) is 0 Å². The van der Waals surface area contributed by atoms with E-state index in [0.29, 0.717) is 0 Å². The van der Waals surface area contributed by atoms with Crippen molar-refractivity contribution in [3.8, 4) is 11.8 Å². The van der Waals surface area contributed by atoms with E-state index in [1.165, 1.54) is 23.3 Å². The third kappa shape index (κ3) is 4.96. The normalized spacial score (nSPS) is 11.0. The first-order valence-corrected chi connectivity index (χ1v) is 9.21. The molecule has 0 amide bonds. The lowest BCUT2D eigenvalue weighted by Gasteiger charge is -2.05. The highest BCUT2D eigenvalue weighted by molar-refractivity contribution is 5.81. The van der Waals surface area contributed by atoms with Gasteiger partial charge >= 0.3 is 0 Å². The monoisotopic (exact) mass is 354 g/mol. The van der Waals surface area contributed by atoms with Gasteiger partial charge in [-0.3, -0.25) is 0 Å². The summed E-state index contributed by atoms with van der Waals surface area (Å²) in [6, 6.07) is 21.2. The molecule has 27 heavy (non-hydrogen) atoms. The first-order chi connectivity index (χ1) is 13.0. The Balaban J connectivity index is 1.80. The van der Waals surface area contributed by atoms with Crippen LogP contribution in [0.3, 0.4) is 0 Å². The van der Waals surface area contributed by atoms with E-state index in [4.69, 9.17) is 0 Å². The van der Waals surface area contributed by atoms with Crippen LogP contribution < -0.4 is 0 Å². The van der Waals surface area contributed by atoms with Gasteiger partial charge in [-0.2, -0.15) is 0 Å². The zero-order chi connectivity index (χ0) is 19.2. The molecule has 0 radical (unpaired) electrons. The largest absolute Gasteiger partial charge is 0.207 e. The number of halogens is 1. The molecule has 0 N–H and O–H groups in total. The number of allylic oxidation sites excluding steroid dienone is 1. The predicted octanol–water partition coefficient (Wildman–Crippen LogP) is 6.66. The Labute approximate surface area is 161 Å². The molecule has 0 saturated carbocycles. The minimum Gasteiger partial charge on any atom is -0.207 e. The lowest BCUT2D eigenvalue weighted by Crippen LogP contribution is -1.86. The topological polar surface area (TPSA) is 0 Å². The van der Waals surface area contributed by atoms with E-state index >= 15 is 0 Å². The molecule has 0 saturated heterocycles. The van der Waals surface area contributed by atoms with Gasteiger partial charge in [-0.25, -0.2) is 4.39 Å². The summed E-state index contributed by atoms with van der Waals surface area (Å²) in [4.78, 5) is 0. The predicted molar refractivity (Wildman–Crippen MR) is 113 cm³/mol. The van der Waals surface area contributed by atoms with Gasteiger partial charge in [0.25, 0.3) is 0 Å². The van der Waals surface area contributed by atoms with Gasteiger partial charge in [0.1, 0.15) is 5.82 Å². The molecular formula is C26H23F. The Bertz CT molecular complexity index is 1010. The summed E-state index contributed by atoms with van der Waals surface area (Å²) in [6.07, 6.45) is 3.17. The van der Waals surface area contributed by atoms with Gasteiger partial charge in [-0.1, -0.05) is 55.2 Å². The first kappa shape index (κ1) is 18.7. The van der Waals surface area contributed by atoms with Crippen LogP contribution in [-0.4, -0.2) is 0 Å². The van der Waals surface area contributed by atoms with Crippen LogP contribution in [0.15, 0.2) is 66.7 Å². The highest BCUT2D eigenvalue weighted by Crippen LogP contribution is 2.21. The van der Waals surface area contributed by atoms with Gasteiger partial charge in [0.2, 0.25) is 0 Å². The molecule has 1 heteroatoms. The standard InChI is InChI=1S/C26H23F/c1-4-21-5-7-22(8-6-21)9-10-23-11-12-25(19(2)17-23)18-20(3)24-13-15-26(27)16-14-24/h5-8,11-18H,4H2,1-3H3/b20-18+. The van der Waals surface area contributed by atoms with Crippen molar-refractivity contribution < 1.29 is 4.39 Å². The van der Waals surface area contributed by atoms with Crippen molar-refractivity contribution >= 4 is 11.6 Å². The highest BCUT2D eigenvalue weighted by Gasteiger charge is 2.00. The molecule has 3 aromatic rings. The fraction of sp³-hybridized carbons (Fsp3) is 0.154. The van der Waals surface area contributed by atoms with Gasteiger partial charge in [0, 0.05) is 11.1 Å². The summed E-state index contributed by atoms with van der Waals surface area (Å²) in [6.45, 7) is 6.28. The quantitative estimate of drug-likeness (QED) is 0.364. The molecule has 134 valence electrons. The van der Waals surface area contributed by atoms with Crippen molar-refractivity contribution in [2.24, 2.45) is 0 Å². The van der Waals surface area contributed by atoms with Crippen molar-refractivity contribution in [2.75, 3.05) is 0 Å². The average Bonchev–Trinajstić information content (AvgIpc) is 2.69. The molecule has 0 aliphatic heterocycles. The van der Waals surface area contributed by atoms with Crippen LogP contribution in [0.2, 0.25) is 0 Å². The summed E-state index contributed by atoms with van der Waals surface area (Å²) in [5.74, 6) is 6.26. The van der Waals surface area contributed by atoms with E-state index in [1.54, 1.807) is 12.1 Å². The minimum atomic E-state index is -0.213. The molecule has 0 nitrogen and oxygen atoms in total. The van der Waals surface area contributed by atoms with E-state index in [2.05, 4.69) is 68.2 Å². The zero-order valence-electron chi connectivity index (χ0n) is 16.0. The molecule has 0 aromatic heterocycles. The summed E-state index contributed by atoms with van der Waals surface area (Å²) in [7, 11) is 0. The second-order valence-electron chi connectivity index (χ2n) is 6.71. The second-order valence-corrected chi connectivity index (χ2v) is 6.71. The third-order valence-electron chi connectivity index (χ3n) is 4.65. The van der Waals surface area contributed by atoms with Crippen molar-refractivity contribution in [2.45, 2.75) is 27.2 Å². The van der Waals surface area contributed by atoms with Crippen molar-refractivity contribution in [3.05, 3.63) is 106 Å².